The van der Waals surface area contributed by atoms with Crippen molar-refractivity contribution in [2.75, 3.05) is 32.8 Å². The molecule has 0 spiro atoms. The monoisotopic (exact) mass is 550 g/mol. The number of rotatable bonds is 10. The first-order valence-electron chi connectivity index (χ1n) is 13.5. The number of benzene rings is 2. The first-order valence-corrected chi connectivity index (χ1v) is 13.5. The lowest BCUT2D eigenvalue weighted by molar-refractivity contribution is -0.158. The van der Waals surface area contributed by atoms with Crippen LogP contribution in [-0.2, 0) is 28.8 Å². The summed E-state index contributed by atoms with van der Waals surface area (Å²) in [5.74, 6) is 0.183. The smallest absolute Gasteiger partial charge is 0.419 e. The number of carbonyl (C=O) groups is 1. The first-order chi connectivity index (χ1) is 18.2. The molecule has 0 saturated carbocycles. The van der Waals surface area contributed by atoms with Gasteiger partial charge >= 0.3 is 12.1 Å². The van der Waals surface area contributed by atoms with Crippen molar-refractivity contribution in [3.8, 4) is 11.5 Å². The topological polar surface area (TPSA) is 51.2 Å². The molecule has 0 atom stereocenters. The maximum atomic E-state index is 13.4. The normalized spacial score (nSPS) is 15.5. The van der Waals surface area contributed by atoms with Gasteiger partial charge in [-0.3, -0.25) is 9.80 Å². The molecular formula is C30H41F3N2O4. The van der Waals surface area contributed by atoms with Gasteiger partial charge in [0.15, 0.2) is 5.60 Å². The minimum Gasteiger partial charge on any atom is -0.490 e. The predicted octanol–water partition coefficient (Wildman–Crippen LogP) is 6.15. The van der Waals surface area contributed by atoms with Gasteiger partial charge in [-0.1, -0.05) is 18.2 Å². The molecule has 1 saturated heterocycles. The van der Waals surface area contributed by atoms with Crippen molar-refractivity contribution >= 4 is 5.97 Å². The molecule has 39 heavy (non-hydrogen) atoms. The molecule has 2 aromatic rings. The van der Waals surface area contributed by atoms with Crippen LogP contribution in [-0.4, -0.2) is 60.3 Å². The van der Waals surface area contributed by atoms with Gasteiger partial charge in [-0.05, 0) is 82.9 Å². The molecule has 0 unspecified atom stereocenters. The van der Waals surface area contributed by atoms with Crippen molar-refractivity contribution in [2.45, 2.75) is 79.4 Å². The average molecular weight is 551 g/mol. The number of nitrogens with zero attached hydrogens (tertiary/aromatic N) is 2. The van der Waals surface area contributed by atoms with E-state index in [9.17, 15) is 18.0 Å². The molecule has 0 radical (unpaired) electrons. The Morgan fingerprint density at radius 1 is 0.923 bits per heavy atom. The van der Waals surface area contributed by atoms with E-state index in [2.05, 4.69) is 21.9 Å². The van der Waals surface area contributed by atoms with Crippen molar-refractivity contribution in [2.24, 2.45) is 0 Å². The number of piperazine rings is 1. The van der Waals surface area contributed by atoms with Crippen LogP contribution >= 0.6 is 0 Å². The van der Waals surface area contributed by atoms with E-state index in [0.29, 0.717) is 18.9 Å². The molecule has 2 aromatic carbocycles. The van der Waals surface area contributed by atoms with Gasteiger partial charge in [-0.25, -0.2) is 4.79 Å². The quantitative estimate of drug-likeness (QED) is 0.331. The molecular weight excluding hydrogens is 509 g/mol. The molecule has 1 fully saturated rings. The number of carbonyl (C=O) groups excluding carboxylic acids is 1. The third-order valence-electron chi connectivity index (χ3n) is 6.64. The number of hydrogen-bond donors (Lipinski definition) is 0. The summed E-state index contributed by atoms with van der Waals surface area (Å²) in [5.41, 5.74) is 2.07. The third-order valence-corrected chi connectivity index (χ3v) is 6.64. The first kappa shape index (κ1) is 30.8. The minimum absolute atomic E-state index is 0.113. The summed E-state index contributed by atoms with van der Waals surface area (Å²) in [4.78, 5) is 16.9. The van der Waals surface area contributed by atoms with Crippen LogP contribution in [0, 0.1) is 13.8 Å². The summed E-state index contributed by atoms with van der Waals surface area (Å²) in [6.45, 7) is 17.6. The Kier molecular flexibility index (Phi) is 9.93. The maximum Gasteiger partial charge on any atom is 0.419 e. The summed E-state index contributed by atoms with van der Waals surface area (Å²) in [6, 6.07) is 8.37. The average Bonchev–Trinajstić information content (AvgIpc) is 2.82. The van der Waals surface area contributed by atoms with Crippen molar-refractivity contribution in [1.82, 2.24) is 9.80 Å². The van der Waals surface area contributed by atoms with E-state index >= 15 is 0 Å². The Labute approximate surface area is 230 Å². The maximum absolute atomic E-state index is 13.4. The minimum atomic E-state index is -4.45. The third kappa shape index (κ3) is 8.35. The van der Waals surface area contributed by atoms with Crippen LogP contribution in [0.3, 0.4) is 0 Å². The fraction of sp³-hybridized carbons (Fsp3) is 0.567. The van der Waals surface area contributed by atoms with Crippen LogP contribution in [0.4, 0.5) is 13.2 Å². The lowest BCUT2D eigenvalue weighted by atomic mass is 10.0. The fourth-order valence-corrected chi connectivity index (χ4v) is 4.77. The van der Waals surface area contributed by atoms with Crippen molar-refractivity contribution < 1.29 is 32.2 Å². The highest BCUT2D eigenvalue weighted by Gasteiger charge is 2.35. The van der Waals surface area contributed by atoms with Crippen LogP contribution in [0.2, 0.25) is 0 Å². The van der Waals surface area contributed by atoms with E-state index in [1.807, 2.05) is 13.8 Å². The van der Waals surface area contributed by atoms with Gasteiger partial charge in [0.25, 0.3) is 0 Å². The summed E-state index contributed by atoms with van der Waals surface area (Å²) in [6.07, 6.45) is -4.80. The number of hydrogen-bond acceptors (Lipinski definition) is 6. The Balaban J connectivity index is 1.60. The number of aryl methyl sites for hydroxylation is 2. The van der Waals surface area contributed by atoms with E-state index in [1.165, 1.54) is 6.07 Å². The molecule has 0 aliphatic carbocycles. The predicted molar refractivity (Wildman–Crippen MR) is 145 cm³/mol. The second-order valence-electron chi connectivity index (χ2n) is 10.9. The van der Waals surface area contributed by atoms with E-state index in [4.69, 9.17) is 14.2 Å². The van der Waals surface area contributed by atoms with Crippen molar-refractivity contribution in [1.29, 1.82) is 0 Å². The number of alkyl halides is 3. The van der Waals surface area contributed by atoms with Gasteiger partial charge in [0.1, 0.15) is 11.5 Å². The Bertz CT molecular complexity index is 1120. The molecule has 1 aliphatic heterocycles. The van der Waals surface area contributed by atoms with Crippen LogP contribution in [0.1, 0.15) is 62.4 Å². The molecule has 9 heteroatoms. The Morgan fingerprint density at radius 3 is 1.95 bits per heavy atom. The largest absolute Gasteiger partial charge is 0.490 e. The fourth-order valence-electron chi connectivity index (χ4n) is 4.77. The number of halogens is 3. The molecule has 1 aliphatic rings. The van der Waals surface area contributed by atoms with Crippen LogP contribution in [0.25, 0.3) is 0 Å². The molecule has 3 rings (SSSR count). The van der Waals surface area contributed by atoms with Gasteiger partial charge in [0.05, 0.1) is 18.3 Å². The molecule has 0 N–H and O–H groups in total. The van der Waals surface area contributed by atoms with Crippen LogP contribution < -0.4 is 9.47 Å². The van der Waals surface area contributed by atoms with E-state index in [0.717, 1.165) is 61.0 Å². The lowest BCUT2D eigenvalue weighted by Gasteiger charge is -2.35. The van der Waals surface area contributed by atoms with Gasteiger partial charge in [-0.2, -0.15) is 13.2 Å². The van der Waals surface area contributed by atoms with Gasteiger partial charge < -0.3 is 14.2 Å². The summed E-state index contributed by atoms with van der Waals surface area (Å²) < 4.78 is 56.9. The molecule has 1 heterocycles. The zero-order chi connectivity index (χ0) is 29.0. The highest BCUT2D eigenvalue weighted by Crippen LogP contribution is 2.37. The van der Waals surface area contributed by atoms with E-state index < -0.39 is 23.3 Å². The Hall–Kier alpha value is -2.78. The molecule has 6 nitrogen and oxygen atoms in total. The second-order valence-corrected chi connectivity index (χ2v) is 10.9. The standard InChI is InChI=1S/C30H41F3N2O4/c1-8-37-28(36)29(6,7)39-27-21(4)15-24(16-22(27)5)19-35-13-11-34(12-14-35)18-23-9-10-25(30(31,32)33)26(17-23)38-20(2)3/h9-10,15-17,20H,8,11-14,18-19H2,1-7H3. The van der Waals surface area contributed by atoms with Crippen LogP contribution in [0.5, 0.6) is 11.5 Å². The highest BCUT2D eigenvalue weighted by molar-refractivity contribution is 5.79. The van der Waals surface area contributed by atoms with Crippen molar-refractivity contribution in [3.05, 3.63) is 58.1 Å². The van der Waals surface area contributed by atoms with Crippen molar-refractivity contribution in [3.63, 3.8) is 0 Å². The summed E-state index contributed by atoms with van der Waals surface area (Å²) in [7, 11) is 0. The number of esters is 1. The van der Waals surface area contributed by atoms with Crippen LogP contribution in [0.15, 0.2) is 30.3 Å². The molecule has 216 valence electrons. The van der Waals surface area contributed by atoms with E-state index in [-0.39, 0.29) is 11.9 Å². The lowest BCUT2D eigenvalue weighted by Crippen LogP contribution is -2.45. The molecule has 0 aromatic heterocycles. The molecule has 0 amide bonds. The molecule has 0 bridgehead atoms. The van der Waals surface area contributed by atoms with E-state index in [1.54, 1.807) is 40.7 Å². The van der Waals surface area contributed by atoms with Gasteiger partial charge in [0, 0.05) is 39.3 Å². The Morgan fingerprint density at radius 2 is 1.46 bits per heavy atom. The second kappa shape index (κ2) is 12.6. The van der Waals surface area contributed by atoms with Gasteiger partial charge in [0.2, 0.25) is 0 Å². The zero-order valence-electron chi connectivity index (χ0n) is 24.1. The summed E-state index contributed by atoms with van der Waals surface area (Å²) in [5, 5.41) is 0. The highest BCUT2D eigenvalue weighted by atomic mass is 19.4. The SMILES string of the molecule is CCOC(=O)C(C)(C)Oc1c(C)cc(CN2CCN(Cc3ccc(C(F)(F)F)c(OC(C)C)c3)CC2)cc1C. The summed E-state index contributed by atoms with van der Waals surface area (Å²) >= 11 is 0. The van der Waals surface area contributed by atoms with Gasteiger partial charge in [-0.15, -0.1) is 0 Å². The zero-order valence-corrected chi connectivity index (χ0v) is 24.1. The number of ether oxygens (including phenoxy) is 3.